The highest BCUT2D eigenvalue weighted by Gasteiger charge is 2.14. The standard InChI is InChI=1S/C13H10ClN5OS/c1-15-10-6-7(4-5-16-10)13(20)17-11-8(14)2-3-9-12(11)19-21-18-9/h2-6H,1H3,(H,15,16)(H,17,20). The van der Waals surface area contributed by atoms with Gasteiger partial charge in [0, 0.05) is 18.8 Å². The summed E-state index contributed by atoms with van der Waals surface area (Å²) in [6.07, 6.45) is 1.56. The molecule has 3 rings (SSSR count). The third-order valence-corrected chi connectivity index (χ3v) is 3.75. The smallest absolute Gasteiger partial charge is 0.255 e. The van der Waals surface area contributed by atoms with Crippen LogP contribution in [0.2, 0.25) is 5.02 Å². The minimum atomic E-state index is -0.281. The lowest BCUT2D eigenvalue weighted by Crippen LogP contribution is -2.13. The van der Waals surface area contributed by atoms with E-state index in [1.807, 2.05) is 0 Å². The van der Waals surface area contributed by atoms with Crippen LogP contribution in [0.5, 0.6) is 0 Å². The molecule has 2 N–H and O–H groups in total. The Labute approximate surface area is 129 Å². The number of carbonyl (C=O) groups excluding carboxylic acids is 1. The topological polar surface area (TPSA) is 79.8 Å². The molecule has 0 unspecified atom stereocenters. The van der Waals surface area contributed by atoms with E-state index in [2.05, 4.69) is 24.4 Å². The maximum absolute atomic E-state index is 12.3. The molecule has 0 aliphatic carbocycles. The molecule has 2 aromatic heterocycles. The molecule has 0 spiro atoms. The fraction of sp³-hybridized carbons (Fsp3) is 0.0769. The number of hydrogen-bond donors (Lipinski definition) is 2. The van der Waals surface area contributed by atoms with Crippen molar-refractivity contribution < 1.29 is 4.79 Å². The highest BCUT2D eigenvalue weighted by molar-refractivity contribution is 7.00. The van der Waals surface area contributed by atoms with Crippen LogP contribution in [0.3, 0.4) is 0 Å². The Morgan fingerprint density at radius 3 is 2.95 bits per heavy atom. The second-order valence-electron chi connectivity index (χ2n) is 4.19. The van der Waals surface area contributed by atoms with Gasteiger partial charge in [-0.1, -0.05) is 11.6 Å². The normalized spacial score (nSPS) is 10.6. The van der Waals surface area contributed by atoms with Gasteiger partial charge in [0.25, 0.3) is 5.91 Å². The van der Waals surface area contributed by atoms with Gasteiger partial charge in [-0.15, -0.1) is 0 Å². The van der Waals surface area contributed by atoms with Gasteiger partial charge in [0.05, 0.1) is 22.4 Å². The largest absolute Gasteiger partial charge is 0.373 e. The lowest BCUT2D eigenvalue weighted by molar-refractivity contribution is 0.102. The second kappa shape index (κ2) is 5.63. The number of fused-ring (bicyclic) bond motifs is 1. The first-order valence-corrected chi connectivity index (χ1v) is 7.16. The Morgan fingerprint density at radius 1 is 1.29 bits per heavy atom. The minimum Gasteiger partial charge on any atom is -0.373 e. The summed E-state index contributed by atoms with van der Waals surface area (Å²) in [5, 5.41) is 6.09. The molecule has 0 bridgehead atoms. The van der Waals surface area contributed by atoms with Crippen LogP contribution in [-0.4, -0.2) is 26.7 Å². The first-order valence-electron chi connectivity index (χ1n) is 6.05. The molecule has 0 fully saturated rings. The summed E-state index contributed by atoms with van der Waals surface area (Å²) in [7, 11) is 1.74. The van der Waals surface area contributed by atoms with Gasteiger partial charge in [-0.25, -0.2) is 4.98 Å². The molecule has 0 radical (unpaired) electrons. The molecule has 3 aromatic rings. The first-order chi connectivity index (χ1) is 10.2. The van der Waals surface area contributed by atoms with E-state index in [0.717, 1.165) is 11.7 Å². The molecule has 6 nitrogen and oxygen atoms in total. The van der Waals surface area contributed by atoms with Crippen molar-refractivity contribution in [1.29, 1.82) is 0 Å². The summed E-state index contributed by atoms with van der Waals surface area (Å²) in [4.78, 5) is 16.4. The quantitative estimate of drug-likeness (QED) is 0.775. The highest BCUT2D eigenvalue weighted by atomic mass is 35.5. The molecule has 0 atom stereocenters. The molecule has 0 aliphatic heterocycles. The zero-order chi connectivity index (χ0) is 14.8. The first kappa shape index (κ1) is 13.7. The number of nitrogens with one attached hydrogen (secondary N) is 2. The lowest BCUT2D eigenvalue weighted by Gasteiger charge is -2.08. The van der Waals surface area contributed by atoms with Crippen LogP contribution in [-0.2, 0) is 0 Å². The van der Waals surface area contributed by atoms with Crippen molar-refractivity contribution >= 4 is 51.8 Å². The SMILES string of the molecule is CNc1cc(C(=O)Nc2c(Cl)ccc3nsnc23)ccn1. The Balaban J connectivity index is 1.96. The summed E-state index contributed by atoms with van der Waals surface area (Å²) in [6, 6.07) is 6.74. The fourth-order valence-corrected chi connectivity index (χ4v) is 2.58. The average Bonchev–Trinajstić information content (AvgIpc) is 2.99. The predicted octanol–water partition coefficient (Wildman–Crippen LogP) is 3.03. The van der Waals surface area contributed by atoms with Crippen LogP contribution in [0, 0.1) is 0 Å². The van der Waals surface area contributed by atoms with Crippen LogP contribution in [0.1, 0.15) is 10.4 Å². The van der Waals surface area contributed by atoms with Gasteiger partial charge >= 0.3 is 0 Å². The molecule has 0 saturated carbocycles. The molecule has 1 aromatic carbocycles. The van der Waals surface area contributed by atoms with Crippen LogP contribution in [0.4, 0.5) is 11.5 Å². The highest BCUT2D eigenvalue weighted by Crippen LogP contribution is 2.30. The van der Waals surface area contributed by atoms with Gasteiger partial charge in [-0.3, -0.25) is 4.79 Å². The van der Waals surface area contributed by atoms with E-state index in [-0.39, 0.29) is 5.91 Å². The van der Waals surface area contributed by atoms with Crippen molar-refractivity contribution in [3.8, 4) is 0 Å². The van der Waals surface area contributed by atoms with Gasteiger partial charge in [-0.2, -0.15) is 8.75 Å². The summed E-state index contributed by atoms with van der Waals surface area (Å²) in [6.45, 7) is 0. The number of nitrogens with zero attached hydrogens (tertiary/aromatic N) is 3. The number of halogens is 1. The zero-order valence-electron chi connectivity index (χ0n) is 10.9. The summed E-state index contributed by atoms with van der Waals surface area (Å²) in [5.41, 5.74) is 2.23. The van der Waals surface area contributed by atoms with Gasteiger partial charge in [0.15, 0.2) is 0 Å². The van der Waals surface area contributed by atoms with E-state index in [1.165, 1.54) is 0 Å². The van der Waals surface area contributed by atoms with Crippen LogP contribution < -0.4 is 10.6 Å². The Morgan fingerprint density at radius 2 is 2.14 bits per heavy atom. The van der Waals surface area contributed by atoms with E-state index >= 15 is 0 Å². The third kappa shape index (κ3) is 2.65. The van der Waals surface area contributed by atoms with Gasteiger partial charge in [0.1, 0.15) is 16.9 Å². The number of rotatable bonds is 3. The molecule has 8 heteroatoms. The Kier molecular flexibility index (Phi) is 3.68. The zero-order valence-corrected chi connectivity index (χ0v) is 12.5. The third-order valence-electron chi connectivity index (χ3n) is 2.89. The number of benzene rings is 1. The maximum Gasteiger partial charge on any atom is 0.255 e. The lowest BCUT2D eigenvalue weighted by atomic mass is 10.2. The van der Waals surface area contributed by atoms with E-state index < -0.39 is 0 Å². The molecule has 0 aliphatic rings. The van der Waals surface area contributed by atoms with Crippen LogP contribution in [0.25, 0.3) is 11.0 Å². The Hall–Kier alpha value is -2.25. The fourth-order valence-electron chi connectivity index (χ4n) is 1.84. The Bertz CT molecular complexity index is 819. The molecule has 0 saturated heterocycles. The average molecular weight is 320 g/mol. The van der Waals surface area contributed by atoms with E-state index in [9.17, 15) is 4.79 Å². The monoisotopic (exact) mass is 319 g/mol. The predicted molar refractivity (Wildman–Crippen MR) is 84.2 cm³/mol. The number of anilines is 2. The number of amides is 1. The van der Waals surface area contributed by atoms with Crippen molar-refractivity contribution in [1.82, 2.24) is 13.7 Å². The van der Waals surface area contributed by atoms with Crippen molar-refractivity contribution in [2.45, 2.75) is 0 Å². The summed E-state index contributed by atoms with van der Waals surface area (Å²) >= 11 is 7.22. The molecule has 21 heavy (non-hydrogen) atoms. The summed E-state index contributed by atoms with van der Waals surface area (Å²) in [5.74, 6) is 0.332. The van der Waals surface area contributed by atoms with E-state index in [4.69, 9.17) is 11.6 Å². The maximum atomic E-state index is 12.3. The minimum absolute atomic E-state index is 0.281. The number of carbonyl (C=O) groups is 1. The number of aromatic nitrogens is 3. The van der Waals surface area contributed by atoms with Crippen molar-refractivity contribution in [2.75, 3.05) is 17.7 Å². The van der Waals surface area contributed by atoms with Gasteiger partial charge in [0.2, 0.25) is 0 Å². The molecule has 106 valence electrons. The van der Waals surface area contributed by atoms with E-state index in [1.54, 1.807) is 37.5 Å². The van der Waals surface area contributed by atoms with Crippen LogP contribution >= 0.6 is 23.3 Å². The molecule has 1 amide bonds. The van der Waals surface area contributed by atoms with Gasteiger partial charge < -0.3 is 10.6 Å². The van der Waals surface area contributed by atoms with Crippen LogP contribution in [0.15, 0.2) is 30.5 Å². The van der Waals surface area contributed by atoms with E-state index in [0.29, 0.717) is 33.1 Å². The van der Waals surface area contributed by atoms with Gasteiger partial charge in [-0.05, 0) is 24.3 Å². The van der Waals surface area contributed by atoms with Crippen molar-refractivity contribution in [3.05, 3.63) is 41.0 Å². The van der Waals surface area contributed by atoms with Crippen molar-refractivity contribution in [2.24, 2.45) is 0 Å². The molecular weight excluding hydrogens is 310 g/mol. The number of pyridine rings is 1. The molecule has 2 heterocycles. The molecular formula is C13H10ClN5OS. The van der Waals surface area contributed by atoms with Crippen molar-refractivity contribution in [3.63, 3.8) is 0 Å². The summed E-state index contributed by atoms with van der Waals surface area (Å²) < 4.78 is 8.30. The number of hydrogen-bond acceptors (Lipinski definition) is 6. The second-order valence-corrected chi connectivity index (χ2v) is 5.12.